The zero-order chi connectivity index (χ0) is 26.6. The van der Waals surface area contributed by atoms with Gasteiger partial charge in [0.1, 0.15) is 5.75 Å². The predicted molar refractivity (Wildman–Crippen MR) is 137 cm³/mol. The molecule has 0 aliphatic heterocycles. The van der Waals surface area contributed by atoms with Gasteiger partial charge in [-0.05, 0) is 49.2 Å². The molecule has 11 nitrogen and oxygen atoms in total. The number of rotatable bonds is 15. The summed E-state index contributed by atoms with van der Waals surface area (Å²) in [5, 5.41) is 2.65. The van der Waals surface area contributed by atoms with Crippen molar-refractivity contribution in [3.8, 4) is 5.75 Å². The molecule has 2 aromatic carbocycles. The number of hydrogen-bond acceptors (Lipinski definition) is 8. The normalized spacial score (nSPS) is 12.5. The van der Waals surface area contributed by atoms with Gasteiger partial charge in [-0.15, -0.1) is 0 Å². The Bertz CT molecular complexity index is 1200. The van der Waals surface area contributed by atoms with Crippen LogP contribution in [0.5, 0.6) is 5.75 Å². The lowest BCUT2D eigenvalue weighted by atomic mass is 10.1. The van der Waals surface area contributed by atoms with Gasteiger partial charge in [0.2, 0.25) is 15.9 Å². The summed E-state index contributed by atoms with van der Waals surface area (Å²) in [7, 11) is -7.40. The van der Waals surface area contributed by atoms with Crippen LogP contribution in [0.1, 0.15) is 31.2 Å². The molecule has 1 unspecified atom stereocenters. The molecule has 36 heavy (non-hydrogen) atoms. The summed E-state index contributed by atoms with van der Waals surface area (Å²) < 4.78 is 57.3. The van der Waals surface area contributed by atoms with E-state index in [0.717, 1.165) is 0 Å². The third-order valence-electron chi connectivity index (χ3n) is 5.01. The van der Waals surface area contributed by atoms with Crippen molar-refractivity contribution in [2.24, 2.45) is 11.5 Å². The number of benzene rings is 2. The summed E-state index contributed by atoms with van der Waals surface area (Å²) >= 11 is 0. The zero-order valence-corrected chi connectivity index (χ0v) is 21.4. The van der Waals surface area contributed by atoms with Crippen molar-refractivity contribution in [1.82, 2.24) is 5.32 Å². The van der Waals surface area contributed by atoms with Crippen molar-refractivity contribution in [3.63, 3.8) is 0 Å². The lowest BCUT2D eigenvalue weighted by Gasteiger charge is -2.19. The summed E-state index contributed by atoms with van der Waals surface area (Å²) in [6, 6.07) is 13.5. The van der Waals surface area contributed by atoms with Gasteiger partial charge >= 0.3 is 6.09 Å². The number of anilines is 1. The molecule has 0 radical (unpaired) electrons. The van der Waals surface area contributed by atoms with Crippen LogP contribution < -0.4 is 26.2 Å². The maximum absolute atomic E-state index is 12.7. The minimum Gasteiger partial charge on any atom is -0.411 e. The largest absolute Gasteiger partial charge is 0.411 e. The number of hydrogen-bond donors (Lipinski definition) is 4. The average Bonchev–Trinajstić information content (AvgIpc) is 2.79. The predicted octanol–water partition coefficient (Wildman–Crippen LogP) is 1.50. The first kappa shape index (κ1) is 29.1. The fourth-order valence-corrected chi connectivity index (χ4v) is 6.07. The second-order valence-corrected chi connectivity index (χ2v) is 12.2. The Hall–Kier alpha value is -3.16. The number of carbonyl (C=O) groups excluding carboxylic acids is 2. The van der Waals surface area contributed by atoms with Gasteiger partial charge in [-0.1, -0.05) is 36.8 Å². The lowest BCUT2D eigenvalue weighted by Crippen LogP contribution is -2.41. The van der Waals surface area contributed by atoms with Crippen LogP contribution in [0.25, 0.3) is 0 Å². The molecule has 0 heterocycles. The van der Waals surface area contributed by atoms with Gasteiger partial charge in [0.15, 0.2) is 9.84 Å². The Morgan fingerprint density at radius 1 is 0.944 bits per heavy atom. The van der Waals surface area contributed by atoms with E-state index in [0.29, 0.717) is 31.4 Å². The number of nitrogens with one attached hydrogen (secondary N) is 2. The topological polar surface area (TPSA) is 188 Å². The summed E-state index contributed by atoms with van der Waals surface area (Å²) in [6.07, 6.45) is 0.311. The molecule has 0 aromatic heterocycles. The van der Waals surface area contributed by atoms with E-state index in [-0.39, 0.29) is 29.4 Å². The van der Waals surface area contributed by atoms with E-state index in [1.54, 1.807) is 30.3 Å². The molecule has 0 fully saturated rings. The number of nitrogens with two attached hydrogens (primary N) is 2. The quantitative estimate of drug-likeness (QED) is 0.245. The Labute approximate surface area is 211 Å². The summed E-state index contributed by atoms with van der Waals surface area (Å²) in [5.41, 5.74) is 11.3. The van der Waals surface area contributed by atoms with E-state index >= 15 is 0 Å². The summed E-state index contributed by atoms with van der Waals surface area (Å²) in [4.78, 5) is 23.3. The minimum absolute atomic E-state index is 0.152. The number of amides is 2. The van der Waals surface area contributed by atoms with Crippen molar-refractivity contribution in [2.75, 3.05) is 22.8 Å². The standard InChI is InChI=1S/C23H32N4O7S2/c24-14-5-4-8-20(17-36(32,33)27-19-9-11-21(12-10-19)34-23(25)29)26-22(28)13-15-35(30,31)16-18-6-2-1-3-7-18/h1-3,6-7,9-12,20,27H,4-5,8,13-17,24H2,(H2,25,29)(H,26,28). The van der Waals surface area contributed by atoms with Crippen LogP contribution in [0.15, 0.2) is 54.6 Å². The highest BCUT2D eigenvalue weighted by Gasteiger charge is 2.22. The average molecular weight is 541 g/mol. The highest BCUT2D eigenvalue weighted by molar-refractivity contribution is 7.92. The monoisotopic (exact) mass is 540 g/mol. The molecule has 0 bridgehead atoms. The fourth-order valence-electron chi connectivity index (χ4n) is 3.37. The van der Waals surface area contributed by atoms with E-state index in [1.165, 1.54) is 24.3 Å². The molecule has 2 amide bonds. The summed E-state index contributed by atoms with van der Waals surface area (Å²) in [6.45, 7) is 0.420. The third-order valence-corrected chi connectivity index (χ3v) is 8.00. The van der Waals surface area contributed by atoms with E-state index in [1.807, 2.05) is 0 Å². The van der Waals surface area contributed by atoms with Gasteiger partial charge in [0.05, 0.1) is 17.3 Å². The lowest BCUT2D eigenvalue weighted by molar-refractivity contribution is -0.121. The summed E-state index contributed by atoms with van der Waals surface area (Å²) in [5.74, 6) is -1.34. The van der Waals surface area contributed by atoms with Gasteiger partial charge in [-0.3, -0.25) is 9.52 Å². The molecule has 0 aliphatic rings. The highest BCUT2D eigenvalue weighted by atomic mass is 32.2. The molecule has 1 atom stereocenters. The van der Waals surface area contributed by atoms with E-state index < -0.39 is 43.7 Å². The molecular weight excluding hydrogens is 508 g/mol. The molecule has 0 saturated heterocycles. The molecule has 6 N–H and O–H groups in total. The fraction of sp³-hybridized carbons (Fsp3) is 0.391. The minimum atomic E-state index is -3.88. The Balaban J connectivity index is 1.96. The van der Waals surface area contributed by atoms with Gasteiger partial charge in [0, 0.05) is 18.2 Å². The van der Waals surface area contributed by atoms with Gasteiger partial charge in [-0.2, -0.15) is 0 Å². The smallest absolute Gasteiger partial charge is 0.409 e. The zero-order valence-electron chi connectivity index (χ0n) is 19.8. The highest BCUT2D eigenvalue weighted by Crippen LogP contribution is 2.17. The number of primary amides is 1. The third kappa shape index (κ3) is 11.5. The maximum Gasteiger partial charge on any atom is 0.409 e. The Morgan fingerprint density at radius 3 is 2.22 bits per heavy atom. The molecule has 13 heteroatoms. The molecule has 198 valence electrons. The van der Waals surface area contributed by atoms with Crippen molar-refractivity contribution < 1.29 is 31.2 Å². The first-order valence-electron chi connectivity index (χ1n) is 11.3. The molecule has 2 aromatic rings. The van der Waals surface area contributed by atoms with Crippen molar-refractivity contribution in [3.05, 3.63) is 60.2 Å². The number of ether oxygens (including phenoxy) is 1. The van der Waals surface area contributed by atoms with Gasteiger partial charge in [-0.25, -0.2) is 21.6 Å². The van der Waals surface area contributed by atoms with Gasteiger partial charge < -0.3 is 21.5 Å². The van der Waals surface area contributed by atoms with Crippen LogP contribution in [-0.2, 0) is 30.4 Å². The van der Waals surface area contributed by atoms with Crippen molar-refractivity contribution in [2.45, 2.75) is 37.5 Å². The molecule has 0 saturated carbocycles. The molecule has 0 spiro atoms. The second kappa shape index (κ2) is 13.8. The van der Waals surface area contributed by atoms with Crippen molar-refractivity contribution >= 4 is 37.5 Å². The van der Waals surface area contributed by atoms with Crippen LogP contribution in [0, 0.1) is 0 Å². The van der Waals surface area contributed by atoms with Crippen molar-refractivity contribution in [1.29, 1.82) is 0 Å². The van der Waals surface area contributed by atoms with Crippen LogP contribution in [-0.4, -0.2) is 52.9 Å². The van der Waals surface area contributed by atoms with Crippen LogP contribution in [0.2, 0.25) is 0 Å². The van der Waals surface area contributed by atoms with Crippen LogP contribution >= 0.6 is 0 Å². The first-order valence-corrected chi connectivity index (χ1v) is 14.8. The van der Waals surface area contributed by atoms with E-state index in [9.17, 15) is 26.4 Å². The van der Waals surface area contributed by atoms with Gasteiger partial charge in [0.25, 0.3) is 0 Å². The number of unbranched alkanes of at least 4 members (excludes halogenated alkanes) is 1. The van der Waals surface area contributed by atoms with Crippen LogP contribution in [0.4, 0.5) is 10.5 Å². The number of carbonyl (C=O) groups is 2. The molecular formula is C23H32N4O7S2. The number of sulfone groups is 1. The molecule has 2 rings (SSSR count). The first-order chi connectivity index (χ1) is 17.0. The van der Waals surface area contributed by atoms with E-state index in [4.69, 9.17) is 16.2 Å². The van der Waals surface area contributed by atoms with E-state index in [2.05, 4.69) is 10.0 Å². The maximum atomic E-state index is 12.7. The Kier molecular flexibility index (Phi) is 11.1. The second-order valence-electron chi connectivity index (χ2n) is 8.21. The SMILES string of the molecule is NCCCCC(CS(=O)(=O)Nc1ccc(OC(N)=O)cc1)NC(=O)CCS(=O)(=O)Cc1ccccc1. The Morgan fingerprint density at radius 2 is 1.61 bits per heavy atom. The number of sulfonamides is 1. The molecule has 0 aliphatic carbocycles. The van der Waals surface area contributed by atoms with Crippen LogP contribution in [0.3, 0.4) is 0 Å².